The molecule has 0 amide bonds. The lowest BCUT2D eigenvalue weighted by Crippen LogP contribution is -2.14. The summed E-state index contributed by atoms with van der Waals surface area (Å²) in [5, 5.41) is 7.87. The van der Waals surface area contributed by atoms with Gasteiger partial charge < -0.3 is 5.32 Å². The van der Waals surface area contributed by atoms with Crippen LogP contribution < -0.4 is 5.32 Å². The fourth-order valence-electron chi connectivity index (χ4n) is 1.96. The van der Waals surface area contributed by atoms with Crippen LogP contribution in [-0.4, -0.2) is 15.8 Å². The molecule has 1 N–H and O–H groups in total. The predicted molar refractivity (Wildman–Crippen MR) is 72.6 cm³/mol. The quantitative estimate of drug-likeness (QED) is 0.912. The molecule has 0 atom stereocenters. The molecule has 0 unspecified atom stereocenters. The minimum absolute atomic E-state index is 0.151. The molecule has 0 aliphatic heterocycles. The van der Waals surface area contributed by atoms with Gasteiger partial charge in [0.25, 0.3) is 0 Å². The van der Waals surface area contributed by atoms with Crippen molar-refractivity contribution in [2.75, 3.05) is 0 Å². The molecule has 19 heavy (non-hydrogen) atoms. The van der Waals surface area contributed by atoms with E-state index < -0.39 is 0 Å². The Bertz CT molecular complexity index is 578. The Balaban J connectivity index is 1.63. The molecular weight excluding hydrogens is 265 g/mol. The summed E-state index contributed by atoms with van der Waals surface area (Å²) in [6, 6.07) is 5.53. The lowest BCUT2D eigenvalue weighted by atomic mass is 10.2. The molecule has 100 valence electrons. The Morgan fingerprint density at radius 3 is 2.95 bits per heavy atom. The van der Waals surface area contributed by atoms with E-state index in [9.17, 15) is 4.39 Å². The summed E-state index contributed by atoms with van der Waals surface area (Å²) in [5.74, 6) is -0.387. The first-order valence-corrected chi connectivity index (χ1v) is 6.77. The standard InChI is InChI=1S/C14H15ClFN3/c15-13-4-1-10(5-14(13)16)8-19-9-11(7-18-19)6-17-12-2-3-12/h1,4-5,7,9,12,17H,2-3,6,8H2. The molecule has 1 aromatic heterocycles. The van der Waals surface area contributed by atoms with Crippen molar-refractivity contribution in [3.8, 4) is 0 Å². The molecule has 0 spiro atoms. The molecule has 1 aromatic carbocycles. The second-order valence-electron chi connectivity index (χ2n) is 4.95. The van der Waals surface area contributed by atoms with Gasteiger partial charge in [0.05, 0.1) is 17.8 Å². The number of hydrogen-bond donors (Lipinski definition) is 1. The van der Waals surface area contributed by atoms with Gasteiger partial charge in [-0.15, -0.1) is 0 Å². The molecule has 1 saturated carbocycles. The fraction of sp³-hybridized carbons (Fsp3) is 0.357. The Morgan fingerprint density at radius 2 is 2.21 bits per heavy atom. The summed E-state index contributed by atoms with van der Waals surface area (Å²) in [6.07, 6.45) is 6.39. The summed E-state index contributed by atoms with van der Waals surface area (Å²) in [5.41, 5.74) is 2.01. The van der Waals surface area contributed by atoms with Crippen LogP contribution in [0.25, 0.3) is 0 Å². The molecule has 2 aromatic rings. The van der Waals surface area contributed by atoms with Gasteiger partial charge in [-0.25, -0.2) is 4.39 Å². The average molecular weight is 280 g/mol. The van der Waals surface area contributed by atoms with Gasteiger partial charge in [0.2, 0.25) is 0 Å². The van der Waals surface area contributed by atoms with E-state index in [0.717, 1.165) is 17.7 Å². The maximum absolute atomic E-state index is 13.3. The normalized spacial score (nSPS) is 14.8. The molecule has 0 saturated heterocycles. The third kappa shape index (κ3) is 3.33. The van der Waals surface area contributed by atoms with Gasteiger partial charge in [0.1, 0.15) is 5.82 Å². The van der Waals surface area contributed by atoms with E-state index in [-0.39, 0.29) is 10.8 Å². The topological polar surface area (TPSA) is 29.9 Å². The first kappa shape index (κ1) is 12.6. The van der Waals surface area contributed by atoms with Gasteiger partial charge in [-0.3, -0.25) is 4.68 Å². The summed E-state index contributed by atoms with van der Waals surface area (Å²) in [7, 11) is 0. The Morgan fingerprint density at radius 1 is 1.37 bits per heavy atom. The summed E-state index contributed by atoms with van der Waals surface area (Å²) in [4.78, 5) is 0. The van der Waals surface area contributed by atoms with Gasteiger partial charge >= 0.3 is 0 Å². The van der Waals surface area contributed by atoms with Gasteiger partial charge in [0.15, 0.2) is 0 Å². The minimum Gasteiger partial charge on any atom is -0.310 e. The van der Waals surface area contributed by atoms with Crippen molar-refractivity contribution in [3.63, 3.8) is 0 Å². The molecule has 1 fully saturated rings. The molecule has 3 rings (SSSR count). The van der Waals surface area contributed by atoms with Gasteiger partial charge in [-0.2, -0.15) is 5.10 Å². The van der Waals surface area contributed by atoms with Crippen molar-refractivity contribution in [3.05, 3.63) is 52.6 Å². The largest absolute Gasteiger partial charge is 0.310 e. The Labute approximate surface area is 116 Å². The van der Waals surface area contributed by atoms with E-state index in [4.69, 9.17) is 11.6 Å². The molecule has 0 radical (unpaired) electrons. The van der Waals surface area contributed by atoms with Crippen molar-refractivity contribution < 1.29 is 4.39 Å². The Hall–Kier alpha value is -1.39. The van der Waals surface area contributed by atoms with Gasteiger partial charge in [0, 0.05) is 24.3 Å². The number of halogens is 2. The van der Waals surface area contributed by atoms with Crippen molar-refractivity contribution in [2.45, 2.75) is 32.0 Å². The van der Waals surface area contributed by atoms with Crippen LogP contribution in [0.3, 0.4) is 0 Å². The molecule has 1 heterocycles. The first-order chi connectivity index (χ1) is 9.20. The van der Waals surface area contributed by atoms with E-state index in [0.29, 0.717) is 12.6 Å². The van der Waals surface area contributed by atoms with E-state index in [1.165, 1.54) is 18.9 Å². The van der Waals surface area contributed by atoms with E-state index in [2.05, 4.69) is 10.4 Å². The summed E-state index contributed by atoms with van der Waals surface area (Å²) >= 11 is 5.66. The van der Waals surface area contributed by atoms with E-state index in [1.807, 2.05) is 23.1 Å². The second kappa shape index (κ2) is 5.31. The Kier molecular flexibility index (Phi) is 3.53. The lowest BCUT2D eigenvalue weighted by Gasteiger charge is -2.03. The van der Waals surface area contributed by atoms with Crippen LogP contribution in [0.1, 0.15) is 24.0 Å². The van der Waals surface area contributed by atoms with Crippen LogP contribution in [-0.2, 0) is 13.1 Å². The maximum Gasteiger partial charge on any atom is 0.142 e. The zero-order chi connectivity index (χ0) is 13.2. The smallest absolute Gasteiger partial charge is 0.142 e. The number of rotatable bonds is 5. The molecule has 3 nitrogen and oxygen atoms in total. The number of nitrogens with zero attached hydrogens (tertiary/aromatic N) is 2. The number of aromatic nitrogens is 2. The van der Waals surface area contributed by atoms with Crippen LogP contribution in [0.2, 0.25) is 5.02 Å². The van der Waals surface area contributed by atoms with Crippen LogP contribution in [0.15, 0.2) is 30.6 Å². The van der Waals surface area contributed by atoms with E-state index in [1.54, 1.807) is 6.07 Å². The van der Waals surface area contributed by atoms with Crippen molar-refractivity contribution >= 4 is 11.6 Å². The second-order valence-corrected chi connectivity index (χ2v) is 5.36. The molecule has 1 aliphatic rings. The van der Waals surface area contributed by atoms with E-state index >= 15 is 0 Å². The summed E-state index contributed by atoms with van der Waals surface area (Å²) < 4.78 is 15.1. The van der Waals surface area contributed by atoms with Crippen LogP contribution in [0.5, 0.6) is 0 Å². The fourth-order valence-corrected chi connectivity index (χ4v) is 2.08. The molecule has 1 aliphatic carbocycles. The third-order valence-electron chi connectivity index (χ3n) is 3.19. The predicted octanol–water partition coefficient (Wildman–Crippen LogP) is 2.98. The molecule has 5 heteroatoms. The monoisotopic (exact) mass is 279 g/mol. The minimum atomic E-state index is -0.387. The lowest BCUT2D eigenvalue weighted by molar-refractivity contribution is 0.619. The average Bonchev–Trinajstić information content (AvgIpc) is 3.12. The SMILES string of the molecule is Fc1cc(Cn2cc(CNC3CC3)cn2)ccc1Cl. The first-order valence-electron chi connectivity index (χ1n) is 6.39. The number of benzene rings is 1. The zero-order valence-corrected chi connectivity index (χ0v) is 11.2. The molecular formula is C14H15ClFN3. The zero-order valence-electron chi connectivity index (χ0n) is 10.4. The molecule has 0 bridgehead atoms. The van der Waals surface area contributed by atoms with Gasteiger partial charge in [-0.1, -0.05) is 17.7 Å². The van der Waals surface area contributed by atoms with Crippen LogP contribution >= 0.6 is 11.6 Å². The van der Waals surface area contributed by atoms with Crippen molar-refractivity contribution in [2.24, 2.45) is 0 Å². The highest BCUT2D eigenvalue weighted by Crippen LogP contribution is 2.19. The van der Waals surface area contributed by atoms with Crippen molar-refractivity contribution in [1.82, 2.24) is 15.1 Å². The summed E-state index contributed by atoms with van der Waals surface area (Å²) in [6.45, 7) is 1.40. The highest BCUT2D eigenvalue weighted by Gasteiger charge is 2.20. The highest BCUT2D eigenvalue weighted by atomic mass is 35.5. The number of nitrogens with one attached hydrogen (secondary N) is 1. The maximum atomic E-state index is 13.3. The van der Waals surface area contributed by atoms with Crippen molar-refractivity contribution in [1.29, 1.82) is 0 Å². The third-order valence-corrected chi connectivity index (χ3v) is 3.49. The number of hydrogen-bond acceptors (Lipinski definition) is 2. The van der Waals surface area contributed by atoms with Crippen LogP contribution in [0, 0.1) is 5.82 Å². The highest BCUT2D eigenvalue weighted by molar-refractivity contribution is 6.30. The van der Waals surface area contributed by atoms with Gasteiger partial charge in [-0.05, 0) is 30.5 Å². The van der Waals surface area contributed by atoms with Crippen LogP contribution in [0.4, 0.5) is 4.39 Å².